The number of rotatable bonds is 3. The zero-order valence-corrected chi connectivity index (χ0v) is 19.3. The van der Waals surface area contributed by atoms with Crippen LogP contribution in [0.15, 0.2) is 35.2 Å². The van der Waals surface area contributed by atoms with Gasteiger partial charge in [0.25, 0.3) is 10.1 Å². The standard InChI is InChI=1S/C24H23N3O5S/c1-10-11(2)20(25)13(4)22(12(10)3)27-16-9-17(33(30,31)32)21(26)19-18(16)23(28)14-7-5-6-8-15(14)24(19)29/h5-9,27H,25-26H2,1-4H3,(H,30,31,32). The van der Waals surface area contributed by atoms with E-state index in [1.807, 2.05) is 20.8 Å². The van der Waals surface area contributed by atoms with E-state index >= 15 is 0 Å². The van der Waals surface area contributed by atoms with Gasteiger partial charge in [0.1, 0.15) is 4.90 Å². The first-order valence-corrected chi connectivity index (χ1v) is 11.6. The van der Waals surface area contributed by atoms with Crippen LogP contribution in [-0.4, -0.2) is 24.5 Å². The van der Waals surface area contributed by atoms with E-state index < -0.39 is 32.3 Å². The van der Waals surface area contributed by atoms with Crippen LogP contribution in [0.4, 0.5) is 22.7 Å². The monoisotopic (exact) mass is 465 g/mol. The van der Waals surface area contributed by atoms with Crippen LogP contribution in [-0.2, 0) is 10.1 Å². The second kappa shape index (κ2) is 7.43. The molecule has 0 spiro atoms. The van der Waals surface area contributed by atoms with Crippen LogP contribution < -0.4 is 16.8 Å². The topological polar surface area (TPSA) is 153 Å². The lowest BCUT2D eigenvalue weighted by atomic mass is 9.82. The molecule has 3 aromatic carbocycles. The number of fused-ring (bicyclic) bond motifs is 2. The number of nitrogens with one attached hydrogen (secondary N) is 1. The number of hydrogen-bond donors (Lipinski definition) is 4. The first kappa shape index (κ1) is 22.5. The van der Waals surface area contributed by atoms with Gasteiger partial charge in [-0.1, -0.05) is 24.3 Å². The van der Waals surface area contributed by atoms with Gasteiger partial charge in [-0.3, -0.25) is 14.1 Å². The van der Waals surface area contributed by atoms with E-state index in [1.165, 1.54) is 12.1 Å². The third kappa shape index (κ3) is 3.28. The van der Waals surface area contributed by atoms with Crippen LogP contribution in [0.25, 0.3) is 0 Å². The highest BCUT2D eigenvalue weighted by Crippen LogP contribution is 2.42. The van der Waals surface area contributed by atoms with Gasteiger partial charge in [-0.25, -0.2) is 0 Å². The largest absolute Gasteiger partial charge is 0.398 e. The van der Waals surface area contributed by atoms with Gasteiger partial charge >= 0.3 is 0 Å². The van der Waals surface area contributed by atoms with Gasteiger partial charge in [-0.15, -0.1) is 0 Å². The molecule has 8 nitrogen and oxygen atoms in total. The molecule has 1 aliphatic rings. The summed E-state index contributed by atoms with van der Waals surface area (Å²) in [5.74, 6) is -1.08. The number of hydrogen-bond acceptors (Lipinski definition) is 7. The van der Waals surface area contributed by atoms with Crippen molar-refractivity contribution in [2.24, 2.45) is 0 Å². The minimum absolute atomic E-state index is 0.0357. The summed E-state index contributed by atoms with van der Waals surface area (Å²) in [7, 11) is -4.80. The second-order valence-corrected chi connectivity index (χ2v) is 9.57. The van der Waals surface area contributed by atoms with Crippen molar-refractivity contribution in [3.8, 4) is 0 Å². The summed E-state index contributed by atoms with van der Waals surface area (Å²) in [6, 6.07) is 7.31. The van der Waals surface area contributed by atoms with Crippen molar-refractivity contribution in [3.63, 3.8) is 0 Å². The second-order valence-electron chi connectivity index (χ2n) is 8.18. The van der Waals surface area contributed by atoms with Crippen LogP contribution in [0, 0.1) is 27.7 Å². The van der Waals surface area contributed by atoms with E-state index in [2.05, 4.69) is 5.32 Å². The van der Waals surface area contributed by atoms with Gasteiger partial charge in [-0.2, -0.15) is 8.42 Å². The molecular weight excluding hydrogens is 442 g/mol. The molecule has 0 unspecified atom stereocenters. The average molecular weight is 466 g/mol. The Bertz CT molecular complexity index is 1480. The summed E-state index contributed by atoms with van der Waals surface area (Å²) in [4.78, 5) is 26.1. The Labute approximate surface area is 191 Å². The van der Waals surface area contributed by atoms with Gasteiger partial charge in [0.05, 0.1) is 22.5 Å². The maximum absolute atomic E-state index is 13.5. The summed E-state index contributed by atoms with van der Waals surface area (Å²) in [6.45, 7) is 7.47. The number of nitrogens with two attached hydrogens (primary N) is 2. The van der Waals surface area contributed by atoms with Crippen molar-refractivity contribution in [1.29, 1.82) is 0 Å². The fraction of sp³-hybridized carbons (Fsp3) is 0.167. The minimum Gasteiger partial charge on any atom is -0.398 e. The summed E-state index contributed by atoms with van der Waals surface area (Å²) in [5, 5.41) is 3.11. The lowest BCUT2D eigenvalue weighted by Crippen LogP contribution is -2.25. The maximum Gasteiger partial charge on any atom is 0.296 e. The van der Waals surface area contributed by atoms with Gasteiger partial charge < -0.3 is 16.8 Å². The minimum atomic E-state index is -4.80. The molecule has 9 heteroatoms. The molecule has 0 fully saturated rings. The molecule has 4 rings (SSSR count). The van der Waals surface area contributed by atoms with Crippen molar-refractivity contribution in [1.82, 2.24) is 0 Å². The third-order valence-electron chi connectivity index (χ3n) is 6.42. The molecular formula is C24H23N3O5S. The van der Waals surface area contributed by atoms with E-state index in [0.29, 0.717) is 16.9 Å². The molecule has 6 N–H and O–H groups in total. The third-order valence-corrected chi connectivity index (χ3v) is 7.31. The van der Waals surface area contributed by atoms with Crippen molar-refractivity contribution in [2.75, 3.05) is 16.8 Å². The van der Waals surface area contributed by atoms with Crippen LogP contribution in [0.3, 0.4) is 0 Å². The lowest BCUT2D eigenvalue weighted by molar-refractivity contribution is 0.0980. The molecule has 0 aromatic heterocycles. The Hall–Kier alpha value is -3.69. The highest BCUT2D eigenvalue weighted by Gasteiger charge is 2.36. The molecule has 170 valence electrons. The Morgan fingerprint density at radius 1 is 0.788 bits per heavy atom. The van der Waals surface area contributed by atoms with Crippen molar-refractivity contribution in [2.45, 2.75) is 32.6 Å². The van der Waals surface area contributed by atoms with Gasteiger partial charge in [0.2, 0.25) is 0 Å². The molecule has 0 atom stereocenters. The highest BCUT2D eigenvalue weighted by atomic mass is 32.2. The molecule has 0 saturated heterocycles. The number of benzene rings is 3. The zero-order valence-electron chi connectivity index (χ0n) is 18.5. The normalized spacial score (nSPS) is 13.0. The molecule has 33 heavy (non-hydrogen) atoms. The van der Waals surface area contributed by atoms with Gasteiger partial charge in [0.15, 0.2) is 11.6 Å². The van der Waals surface area contributed by atoms with Crippen LogP contribution in [0.1, 0.15) is 54.1 Å². The first-order chi connectivity index (χ1) is 15.4. The Morgan fingerprint density at radius 3 is 1.88 bits per heavy atom. The van der Waals surface area contributed by atoms with Crippen LogP contribution >= 0.6 is 0 Å². The van der Waals surface area contributed by atoms with Gasteiger partial charge in [0, 0.05) is 22.5 Å². The first-order valence-electron chi connectivity index (χ1n) is 10.1. The van der Waals surface area contributed by atoms with Crippen molar-refractivity contribution >= 4 is 44.4 Å². The molecule has 0 amide bonds. The smallest absolute Gasteiger partial charge is 0.296 e. The molecule has 0 bridgehead atoms. The maximum atomic E-state index is 13.5. The number of ketones is 2. The summed E-state index contributed by atoms with van der Waals surface area (Å²) in [6.07, 6.45) is 0. The fourth-order valence-corrected chi connectivity index (χ4v) is 4.94. The van der Waals surface area contributed by atoms with E-state index in [1.54, 1.807) is 19.1 Å². The van der Waals surface area contributed by atoms with Gasteiger partial charge in [-0.05, 0) is 56.0 Å². The summed E-state index contributed by atoms with van der Waals surface area (Å²) >= 11 is 0. The van der Waals surface area contributed by atoms with E-state index in [-0.39, 0.29) is 27.9 Å². The Morgan fingerprint density at radius 2 is 1.33 bits per heavy atom. The molecule has 1 aliphatic carbocycles. The van der Waals surface area contributed by atoms with Crippen LogP contribution in [0.5, 0.6) is 0 Å². The highest BCUT2D eigenvalue weighted by molar-refractivity contribution is 7.86. The fourth-order valence-electron chi connectivity index (χ4n) is 4.30. The summed E-state index contributed by atoms with van der Waals surface area (Å²) < 4.78 is 34.0. The molecule has 0 heterocycles. The van der Waals surface area contributed by atoms with E-state index in [0.717, 1.165) is 22.8 Å². The Kier molecular flexibility index (Phi) is 5.07. The number of anilines is 4. The van der Waals surface area contributed by atoms with Crippen molar-refractivity contribution in [3.05, 3.63) is 74.8 Å². The number of carbonyl (C=O) groups is 2. The lowest BCUT2D eigenvalue weighted by Gasteiger charge is -2.25. The van der Waals surface area contributed by atoms with E-state index in [4.69, 9.17) is 11.5 Å². The van der Waals surface area contributed by atoms with Crippen LogP contribution in [0.2, 0.25) is 0 Å². The average Bonchev–Trinajstić information content (AvgIpc) is 2.77. The number of nitrogen functional groups attached to an aromatic ring is 2. The quantitative estimate of drug-likeness (QED) is 0.263. The Balaban J connectivity index is 2.08. The molecule has 0 aliphatic heterocycles. The number of carbonyl (C=O) groups excluding carboxylic acids is 2. The predicted octanol–water partition coefficient (Wildman–Crippen LogP) is 3.85. The summed E-state index contributed by atoms with van der Waals surface area (Å²) in [5.41, 5.74) is 16.3. The predicted molar refractivity (Wildman–Crippen MR) is 127 cm³/mol. The SMILES string of the molecule is Cc1c(C)c(N)c(C)c(Nc2cc(S(=O)(=O)O)c(N)c3c2C(=O)c2ccccc2C3=O)c1C. The zero-order chi connectivity index (χ0) is 24.4. The molecule has 3 aromatic rings. The molecule has 0 saturated carbocycles. The van der Waals surface area contributed by atoms with E-state index in [9.17, 15) is 22.6 Å². The molecule has 0 radical (unpaired) electrons. The van der Waals surface area contributed by atoms with Crippen molar-refractivity contribution < 1.29 is 22.6 Å².